The summed E-state index contributed by atoms with van der Waals surface area (Å²) in [6.07, 6.45) is 0. The van der Waals surface area contributed by atoms with E-state index >= 15 is 0 Å². The van der Waals surface area contributed by atoms with Crippen LogP contribution in [0.25, 0.3) is 0 Å². The second-order valence-corrected chi connectivity index (χ2v) is 4.21. The van der Waals surface area contributed by atoms with Crippen LogP contribution in [0.5, 0.6) is 0 Å². The van der Waals surface area contributed by atoms with Gasteiger partial charge in [-0.3, -0.25) is 0 Å². The summed E-state index contributed by atoms with van der Waals surface area (Å²) in [5.41, 5.74) is 0. The van der Waals surface area contributed by atoms with Crippen molar-refractivity contribution < 1.29 is 10.0 Å². The van der Waals surface area contributed by atoms with E-state index < -0.39 is 7.12 Å². The Bertz CT molecular complexity index is 239. The third-order valence-electron chi connectivity index (χ3n) is 0.918. The highest BCUT2D eigenvalue weighted by molar-refractivity contribution is 9.10. The van der Waals surface area contributed by atoms with Crippen molar-refractivity contribution in [1.29, 1.82) is 0 Å². The van der Waals surface area contributed by atoms with E-state index in [2.05, 4.69) is 15.9 Å². The highest BCUT2D eigenvalue weighted by Crippen LogP contribution is 2.22. The predicted octanol–water partition coefficient (Wildman–Crippen LogP) is 0.844. The second kappa shape index (κ2) is 3.23. The molecule has 0 saturated carbocycles. The topological polar surface area (TPSA) is 40.5 Å². The van der Waals surface area contributed by atoms with Crippen LogP contribution in [0.3, 0.4) is 0 Å². The fourth-order valence-corrected chi connectivity index (χ4v) is 2.50. The van der Waals surface area contributed by atoms with Crippen LogP contribution in [-0.2, 0) is 0 Å². The standard InChI is InChI=1S/C4H3BBrClO2S/c6-2-1-3(7)10-4(2)5(8)9/h1,8-9H. The van der Waals surface area contributed by atoms with Crippen LogP contribution >= 0.6 is 38.9 Å². The van der Waals surface area contributed by atoms with Gasteiger partial charge in [0.05, 0.1) is 9.11 Å². The molecule has 1 heterocycles. The van der Waals surface area contributed by atoms with Crippen molar-refractivity contribution in [3.8, 4) is 0 Å². The van der Waals surface area contributed by atoms with E-state index in [-0.39, 0.29) is 0 Å². The lowest BCUT2D eigenvalue weighted by molar-refractivity contribution is 0.426. The highest BCUT2D eigenvalue weighted by atomic mass is 79.9. The molecule has 0 unspecified atom stereocenters. The van der Waals surface area contributed by atoms with Crippen LogP contribution in [0.2, 0.25) is 4.34 Å². The molecule has 0 aromatic carbocycles. The molecule has 0 fully saturated rings. The third kappa shape index (κ3) is 1.74. The molecule has 0 spiro atoms. The summed E-state index contributed by atoms with van der Waals surface area (Å²) in [5.74, 6) is 0. The molecular formula is C4H3BBrClO2S. The maximum Gasteiger partial charge on any atom is 0.500 e. The Morgan fingerprint density at radius 3 is 2.40 bits per heavy atom. The smallest absolute Gasteiger partial charge is 0.423 e. The second-order valence-electron chi connectivity index (χ2n) is 1.64. The van der Waals surface area contributed by atoms with Gasteiger partial charge in [-0.05, 0) is 6.07 Å². The van der Waals surface area contributed by atoms with Gasteiger partial charge in [-0.2, -0.15) is 0 Å². The van der Waals surface area contributed by atoms with Gasteiger partial charge in [-0.1, -0.05) is 27.5 Å². The van der Waals surface area contributed by atoms with Gasteiger partial charge in [0, 0.05) is 4.47 Å². The molecule has 2 N–H and O–H groups in total. The van der Waals surface area contributed by atoms with E-state index in [1.54, 1.807) is 6.07 Å². The molecule has 0 radical (unpaired) electrons. The van der Waals surface area contributed by atoms with Gasteiger partial charge in [-0.25, -0.2) is 0 Å². The lowest BCUT2D eigenvalue weighted by Crippen LogP contribution is -2.27. The van der Waals surface area contributed by atoms with Crippen LogP contribution in [0.4, 0.5) is 0 Å². The average molecular weight is 241 g/mol. The van der Waals surface area contributed by atoms with Gasteiger partial charge in [0.2, 0.25) is 0 Å². The molecule has 0 atom stereocenters. The minimum atomic E-state index is -1.44. The maximum absolute atomic E-state index is 8.70. The fraction of sp³-hybridized carbons (Fsp3) is 0. The lowest BCUT2D eigenvalue weighted by atomic mass is 9.90. The molecule has 1 aromatic rings. The van der Waals surface area contributed by atoms with Crippen LogP contribution in [0.1, 0.15) is 0 Å². The largest absolute Gasteiger partial charge is 0.500 e. The molecule has 10 heavy (non-hydrogen) atoms. The normalized spacial score (nSPS) is 10.0. The van der Waals surface area contributed by atoms with Crippen LogP contribution in [0, 0.1) is 0 Å². The van der Waals surface area contributed by atoms with Crippen molar-refractivity contribution in [2.45, 2.75) is 0 Å². The van der Waals surface area contributed by atoms with Crippen molar-refractivity contribution in [3.05, 3.63) is 14.9 Å². The first-order valence-corrected chi connectivity index (χ1v) is 4.41. The van der Waals surface area contributed by atoms with Gasteiger partial charge in [0.25, 0.3) is 0 Å². The van der Waals surface area contributed by atoms with Gasteiger partial charge < -0.3 is 10.0 Å². The summed E-state index contributed by atoms with van der Waals surface area (Å²) in [5, 5.41) is 17.4. The summed E-state index contributed by atoms with van der Waals surface area (Å²) >= 11 is 9.84. The SMILES string of the molecule is OB(O)c1sc(Cl)cc1Br. The van der Waals surface area contributed by atoms with Gasteiger partial charge in [0.15, 0.2) is 0 Å². The number of hydrogen-bond donors (Lipinski definition) is 2. The Hall–Kier alpha value is 0.455. The monoisotopic (exact) mass is 240 g/mol. The summed E-state index contributed by atoms with van der Waals surface area (Å²) in [7, 11) is -1.44. The summed E-state index contributed by atoms with van der Waals surface area (Å²) in [4.78, 5) is 0. The maximum atomic E-state index is 8.70. The summed E-state index contributed by atoms with van der Waals surface area (Å²) in [6.45, 7) is 0. The van der Waals surface area contributed by atoms with Gasteiger partial charge >= 0.3 is 7.12 Å². The minimum absolute atomic E-state index is 0.435. The van der Waals surface area contributed by atoms with Crippen molar-refractivity contribution in [2.24, 2.45) is 0 Å². The molecule has 0 saturated heterocycles. The number of hydrogen-bond acceptors (Lipinski definition) is 3. The number of rotatable bonds is 1. The first-order valence-electron chi connectivity index (χ1n) is 2.42. The van der Waals surface area contributed by atoms with Crippen molar-refractivity contribution >= 4 is 50.8 Å². The summed E-state index contributed by atoms with van der Waals surface area (Å²) < 4.78 is 1.61. The van der Waals surface area contributed by atoms with E-state index in [1.165, 1.54) is 0 Å². The van der Waals surface area contributed by atoms with Crippen LogP contribution in [-0.4, -0.2) is 17.2 Å². The number of thiophene rings is 1. The third-order valence-corrected chi connectivity index (χ3v) is 3.14. The molecule has 54 valence electrons. The molecule has 0 bridgehead atoms. The quantitative estimate of drug-likeness (QED) is 0.715. The first kappa shape index (κ1) is 8.55. The molecule has 2 nitrogen and oxygen atoms in total. The Morgan fingerprint density at radius 1 is 1.60 bits per heavy atom. The predicted molar refractivity (Wildman–Crippen MR) is 46.9 cm³/mol. The van der Waals surface area contributed by atoms with Crippen LogP contribution < -0.4 is 4.78 Å². The molecule has 6 heteroatoms. The first-order chi connectivity index (χ1) is 4.61. The van der Waals surface area contributed by atoms with Crippen molar-refractivity contribution in [2.75, 3.05) is 0 Å². The molecular weight excluding hydrogens is 238 g/mol. The Balaban J connectivity index is 3.03. The van der Waals surface area contributed by atoms with Crippen LogP contribution in [0.15, 0.2) is 10.5 Å². The fourth-order valence-electron chi connectivity index (χ4n) is 0.530. The molecule has 1 rings (SSSR count). The van der Waals surface area contributed by atoms with E-state index in [9.17, 15) is 0 Å². The van der Waals surface area contributed by atoms with E-state index in [0.29, 0.717) is 13.6 Å². The molecule has 1 aromatic heterocycles. The highest BCUT2D eigenvalue weighted by Gasteiger charge is 2.17. The minimum Gasteiger partial charge on any atom is -0.423 e. The molecule has 0 aliphatic heterocycles. The summed E-state index contributed by atoms with van der Waals surface area (Å²) in [6, 6.07) is 1.63. The molecule has 0 aliphatic carbocycles. The Labute approximate surface area is 75.7 Å². The molecule has 0 aliphatic rings. The molecule has 0 amide bonds. The van der Waals surface area contributed by atoms with E-state index in [1.807, 2.05) is 0 Å². The van der Waals surface area contributed by atoms with Gasteiger partial charge in [0.1, 0.15) is 0 Å². The zero-order chi connectivity index (χ0) is 7.72. The average Bonchev–Trinajstić information content (AvgIpc) is 2.10. The lowest BCUT2D eigenvalue weighted by Gasteiger charge is -1.91. The van der Waals surface area contributed by atoms with Crippen molar-refractivity contribution in [3.63, 3.8) is 0 Å². The van der Waals surface area contributed by atoms with Crippen molar-refractivity contribution in [1.82, 2.24) is 0 Å². The Morgan fingerprint density at radius 2 is 2.20 bits per heavy atom. The van der Waals surface area contributed by atoms with E-state index in [4.69, 9.17) is 21.6 Å². The zero-order valence-electron chi connectivity index (χ0n) is 4.71. The Kier molecular flexibility index (Phi) is 2.77. The van der Waals surface area contributed by atoms with Gasteiger partial charge in [-0.15, -0.1) is 11.3 Å². The zero-order valence-corrected chi connectivity index (χ0v) is 7.87. The van der Waals surface area contributed by atoms with E-state index in [0.717, 1.165) is 11.3 Å². The number of halogens is 2.